The van der Waals surface area contributed by atoms with Gasteiger partial charge in [0.15, 0.2) is 0 Å². The molecule has 0 saturated carbocycles. The van der Waals surface area contributed by atoms with E-state index in [4.69, 9.17) is 0 Å². The van der Waals surface area contributed by atoms with Gasteiger partial charge >= 0.3 is 0 Å². The maximum atomic E-state index is 2.44. The molecule has 11 aromatic rings. The van der Waals surface area contributed by atoms with Gasteiger partial charge in [0.1, 0.15) is 0 Å². The second-order valence-corrected chi connectivity index (χ2v) is 14.5. The average molecular weight is 683 g/mol. The minimum atomic E-state index is 1.21. The van der Waals surface area contributed by atoms with E-state index in [9.17, 15) is 0 Å². The van der Waals surface area contributed by atoms with E-state index in [2.05, 4.69) is 206 Å². The predicted octanol–water partition coefficient (Wildman–Crippen LogP) is 15.3. The van der Waals surface area contributed by atoms with E-state index < -0.39 is 0 Å². The Bertz CT molecular complexity index is 3240. The lowest BCUT2D eigenvalue weighted by atomic mass is 9.81. The standard InChI is InChI=1S/C54H34/c1-3-13-35(14-4-1)41-26-28-47-50(32-41)53(44-24-23-37-17-7-8-18-38(37)29-44)46-27-25-42(36-15-5-2-6-16-36)33-51(46)54(47)52-34-43-21-11-12-22-45(43)48-30-39-19-9-10-20-40(39)31-49(48)52/h1-34H. The third-order valence-corrected chi connectivity index (χ3v) is 11.4. The lowest BCUT2D eigenvalue weighted by Gasteiger charge is -2.21. The number of fused-ring (bicyclic) bond motifs is 7. The van der Waals surface area contributed by atoms with Gasteiger partial charge in [0.2, 0.25) is 0 Å². The van der Waals surface area contributed by atoms with Gasteiger partial charge in [0.05, 0.1) is 0 Å². The summed E-state index contributed by atoms with van der Waals surface area (Å²) in [6.45, 7) is 0. The molecule has 0 amide bonds. The maximum Gasteiger partial charge on any atom is -0.00197 e. The monoisotopic (exact) mass is 682 g/mol. The topological polar surface area (TPSA) is 0 Å². The molecular weight excluding hydrogens is 649 g/mol. The Kier molecular flexibility index (Phi) is 6.97. The Morgan fingerprint density at radius 3 is 1.31 bits per heavy atom. The molecule has 0 aliphatic heterocycles. The Labute approximate surface area is 314 Å². The highest BCUT2D eigenvalue weighted by molar-refractivity contribution is 6.27. The fraction of sp³-hybridized carbons (Fsp3) is 0. The second kappa shape index (κ2) is 12.3. The first kappa shape index (κ1) is 30.6. The van der Waals surface area contributed by atoms with Crippen molar-refractivity contribution in [3.8, 4) is 44.5 Å². The van der Waals surface area contributed by atoms with Crippen LogP contribution < -0.4 is 0 Å². The van der Waals surface area contributed by atoms with Crippen LogP contribution in [0.3, 0.4) is 0 Å². The first-order valence-electron chi connectivity index (χ1n) is 18.7. The summed E-state index contributed by atoms with van der Waals surface area (Å²) in [4.78, 5) is 0. The largest absolute Gasteiger partial charge is 0.0622 e. The van der Waals surface area contributed by atoms with Crippen LogP contribution in [0.15, 0.2) is 206 Å². The summed E-state index contributed by atoms with van der Waals surface area (Å²) >= 11 is 0. The molecule has 0 N–H and O–H groups in total. The van der Waals surface area contributed by atoms with Crippen LogP contribution in [0.2, 0.25) is 0 Å². The van der Waals surface area contributed by atoms with Gasteiger partial charge in [-0.2, -0.15) is 0 Å². The van der Waals surface area contributed by atoms with Crippen molar-refractivity contribution in [1.29, 1.82) is 0 Å². The first-order valence-corrected chi connectivity index (χ1v) is 18.7. The molecule has 0 aromatic heterocycles. The quantitative estimate of drug-likeness (QED) is 0.128. The van der Waals surface area contributed by atoms with Crippen molar-refractivity contribution in [1.82, 2.24) is 0 Å². The Hall–Kier alpha value is -7.02. The molecular formula is C54H34. The van der Waals surface area contributed by atoms with Crippen molar-refractivity contribution in [3.63, 3.8) is 0 Å². The predicted molar refractivity (Wildman–Crippen MR) is 233 cm³/mol. The van der Waals surface area contributed by atoms with Gasteiger partial charge in [-0.3, -0.25) is 0 Å². The average Bonchev–Trinajstić information content (AvgIpc) is 3.25. The van der Waals surface area contributed by atoms with Crippen LogP contribution >= 0.6 is 0 Å². The highest BCUT2D eigenvalue weighted by atomic mass is 14.2. The van der Waals surface area contributed by atoms with Gasteiger partial charge < -0.3 is 0 Å². The van der Waals surface area contributed by atoms with Crippen LogP contribution in [0, 0.1) is 0 Å². The normalized spacial score (nSPS) is 11.7. The van der Waals surface area contributed by atoms with Crippen LogP contribution in [0.5, 0.6) is 0 Å². The zero-order valence-electron chi connectivity index (χ0n) is 29.6. The van der Waals surface area contributed by atoms with E-state index in [1.807, 2.05) is 0 Å². The summed E-state index contributed by atoms with van der Waals surface area (Å²) in [5, 5.41) is 15.1. The SMILES string of the molecule is c1ccc(-c2ccc3c(-c4cc5ccccc5c5cc6ccccc6cc45)c4cc(-c5ccccc5)ccc4c(-c4ccc5ccccc5c4)c3c2)cc1. The highest BCUT2D eigenvalue weighted by Crippen LogP contribution is 2.49. The lowest BCUT2D eigenvalue weighted by Crippen LogP contribution is -1.94. The molecule has 0 aliphatic carbocycles. The summed E-state index contributed by atoms with van der Waals surface area (Å²) < 4.78 is 0. The minimum Gasteiger partial charge on any atom is -0.0622 e. The summed E-state index contributed by atoms with van der Waals surface area (Å²) in [5.41, 5.74) is 9.87. The van der Waals surface area contributed by atoms with E-state index in [0.29, 0.717) is 0 Å². The van der Waals surface area contributed by atoms with E-state index >= 15 is 0 Å². The van der Waals surface area contributed by atoms with Crippen molar-refractivity contribution in [3.05, 3.63) is 206 Å². The van der Waals surface area contributed by atoms with Crippen LogP contribution in [0.1, 0.15) is 0 Å². The number of hydrogen-bond acceptors (Lipinski definition) is 0. The van der Waals surface area contributed by atoms with Gasteiger partial charge in [-0.25, -0.2) is 0 Å². The number of hydrogen-bond donors (Lipinski definition) is 0. The van der Waals surface area contributed by atoms with Crippen molar-refractivity contribution >= 4 is 64.6 Å². The smallest absolute Gasteiger partial charge is 0.00197 e. The molecule has 0 nitrogen and oxygen atoms in total. The van der Waals surface area contributed by atoms with Gasteiger partial charge in [0, 0.05) is 0 Å². The maximum absolute atomic E-state index is 2.44. The molecule has 0 saturated heterocycles. The van der Waals surface area contributed by atoms with Crippen LogP contribution in [-0.2, 0) is 0 Å². The summed E-state index contributed by atoms with van der Waals surface area (Å²) in [6, 6.07) is 76.4. The fourth-order valence-electron chi connectivity index (χ4n) is 8.79. The molecule has 54 heavy (non-hydrogen) atoms. The van der Waals surface area contributed by atoms with Crippen molar-refractivity contribution in [2.24, 2.45) is 0 Å². The van der Waals surface area contributed by atoms with E-state index in [-0.39, 0.29) is 0 Å². The molecule has 0 atom stereocenters. The number of benzene rings is 11. The second-order valence-electron chi connectivity index (χ2n) is 14.5. The zero-order valence-corrected chi connectivity index (χ0v) is 29.6. The van der Waals surface area contributed by atoms with E-state index in [1.54, 1.807) is 0 Å². The molecule has 0 spiro atoms. The Balaban J connectivity index is 1.35. The van der Waals surface area contributed by atoms with Crippen LogP contribution in [0.4, 0.5) is 0 Å². The summed E-state index contributed by atoms with van der Waals surface area (Å²) in [5.74, 6) is 0. The lowest BCUT2D eigenvalue weighted by molar-refractivity contribution is 1.63. The van der Waals surface area contributed by atoms with E-state index in [1.165, 1.54) is 109 Å². The van der Waals surface area contributed by atoms with Crippen molar-refractivity contribution in [2.45, 2.75) is 0 Å². The summed E-state index contributed by atoms with van der Waals surface area (Å²) in [6.07, 6.45) is 0. The Morgan fingerprint density at radius 1 is 0.185 bits per heavy atom. The number of rotatable bonds is 4. The van der Waals surface area contributed by atoms with Gasteiger partial charge in [-0.15, -0.1) is 0 Å². The minimum absolute atomic E-state index is 1.21. The third-order valence-electron chi connectivity index (χ3n) is 11.4. The third kappa shape index (κ3) is 4.92. The molecule has 11 aromatic carbocycles. The molecule has 0 bridgehead atoms. The Morgan fingerprint density at radius 2 is 0.667 bits per heavy atom. The van der Waals surface area contributed by atoms with Crippen molar-refractivity contribution in [2.75, 3.05) is 0 Å². The van der Waals surface area contributed by atoms with Crippen LogP contribution in [-0.4, -0.2) is 0 Å². The first-order chi connectivity index (χ1) is 26.8. The highest BCUT2D eigenvalue weighted by Gasteiger charge is 2.21. The summed E-state index contributed by atoms with van der Waals surface area (Å²) in [7, 11) is 0. The van der Waals surface area contributed by atoms with Crippen molar-refractivity contribution < 1.29 is 0 Å². The van der Waals surface area contributed by atoms with Gasteiger partial charge in [-0.05, 0) is 146 Å². The molecule has 0 unspecified atom stereocenters. The van der Waals surface area contributed by atoms with Gasteiger partial charge in [0.25, 0.3) is 0 Å². The molecule has 0 aliphatic rings. The molecule has 0 heteroatoms. The molecule has 0 radical (unpaired) electrons. The molecule has 250 valence electrons. The van der Waals surface area contributed by atoms with Gasteiger partial charge in [-0.1, -0.05) is 170 Å². The van der Waals surface area contributed by atoms with E-state index in [0.717, 1.165) is 0 Å². The fourth-order valence-corrected chi connectivity index (χ4v) is 8.79. The molecule has 0 heterocycles. The molecule has 11 rings (SSSR count). The molecule has 0 fully saturated rings. The zero-order chi connectivity index (χ0) is 35.6. The van der Waals surface area contributed by atoms with Crippen LogP contribution in [0.25, 0.3) is 109 Å².